The van der Waals surface area contributed by atoms with E-state index in [1.165, 1.54) is 0 Å². The Labute approximate surface area is 180 Å². The van der Waals surface area contributed by atoms with Gasteiger partial charge < -0.3 is 10.4 Å². The molecule has 1 saturated heterocycles. The van der Waals surface area contributed by atoms with E-state index < -0.39 is 0 Å². The van der Waals surface area contributed by atoms with Crippen molar-refractivity contribution < 1.29 is 9.90 Å². The highest BCUT2D eigenvalue weighted by molar-refractivity contribution is 5.94. The second kappa shape index (κ2) is 9.92. The van der Waals surface area contributed by atoms with Gasteiger partial charge in [-0.3, -0.25) is 14.6 Å². The molecule has 1 fully saturated rings. The molecule has 160 valence electrons. The van der Waals surface area contributed by atoms with Crippen molar-refractivity contribution >= 4 is 5.91 Å². The SMILES string of the molecule is C=CCN1CC(C)N(C(c2cccc(O)c2)c2cccc(C(=O)NCC)c2)CC1C. The summed E-state index contributed by atoms with van der Waals surface area (Å²) in [5, 5.41) is 13.0. The first-order valence-corrected chi connectivity index (χ1v) is 10.7. The molecule has 5 heteroatoms. The molecule has 3 atom stereocenters. The molecule has 0 saturated carbocycles. The lowest BCUT2D eigenvalue weighted by Crippen LogP contribution is -2.57. The van der Waals surface area contributed by atoms with Gasteiger partial charge in [-0.1, -0.05) is 30.3 Å². The molecule has 0 spiro atoms. The van der Waals surface area contributed by atoms with Crippen LogP contribution < -0.4 is 5.32 Å². The van der Waals surface area contributed by atoms with Crippen LogP contribution in [-0.2, 0) is 0 Å². The first-order valence-electron chi connectivity index (χ1n) is 10.7. The Balaban J connectivity index is 2.01. The Morgan fingerprint density at radius 3 is 2.53 bits per heavy atom. The normalized spacial score (nSPS) is 21.2. The number of aromatic hydroxyl groups is 1. The first-order chi connectivity index (χ1) is 14.4. The molecule has 5 nitrogen and oxygen atoms in total. The molecule has 2 N–H and O–H groups in total. The lowest BCUT2D eigenvalue weighted by molar-refractivity contribution is 0.0306. The van der Waals surface area contributed by atoms with Crippen LogP contribution in [0.2, 0.25) is 0 Å². The summed E-state index contributed by atoms with van der Waals surface area (Å²) in [6.45, 7) is 13.6. The van der Waals surface area contributed by atoms with Gasteiger partial charge in [0.1, 0.15) is 5.75 Å². The zero-order valence-corrected chi connectivity index (χ0v) is 18.2. The van der Waals surface area contributed by atoms with E-state index in [0.29, 0.717) is 24.2 Å². The highest BCUT2D eigenvalue weighted by atomic mass is 16.3. The third kappa shape index (κ3) is 4.91. The molecule has 1 heterocycles. The second-order valence-corrected chi connectivity index (χ2v) is 8.12. The predicted molar refractivity (Wildman–Crippen MR) is 122 cm³/mol. The average Bonchev–Trinajstić information content (AvgIpc) is 2.72. The molecule has 2 aromatic carbocycles. The van der Waals surface area contributed by atoms with Crippen LogP contribution in [0, 0.1) is 0 Å². The highest BCUT2D eigenvalue weighted by Crippen LogP contribution is 2.34. The van der Waals surface area contributed by atoms with Crippen LogP contribution in [0.3, 0.4) is 0 Å². The summed E-state index contributed by atoms with van der Waals surface area (Å²) in [6.07, 6.45) is 1.96. The van der Waals surface area contributed by atoms with Crippen molar-refractivity contribution in [3.63, 3.8) is 0 Å². The molecule has 1 aliphatic heterocycles. The zero-order chi connectivity index (χ0) is 21.7. The largest absolute Gasteiger partial charge is 0.508 e. The van der Waals surface area contributed by atoms with Crippen LogP contribution in [-0.4, -0.2) is 59.1 Å². The van der Waals surface area contributed by atoms with Gasteiger partial charge >= 0.3 is 0 Å². The Hall–Kier alpha value is -2.63. The second-order valence-electron chi connectivity index (χ2n) is 8.12. The molecule has 0 radical (unpaired) electrons. The number of hydrogen-bond acceptors (Lipinski definition) is 4. The minimum Gasteiger partial charge on any atom is -0.508 e. The number of benzene rings is 2. The van der Waals surface area contributed by atoms with Crippen molar-refractivity contribution in [3.8, 4) is 5.75 Å². The Morgan fingerprint density at radius 2 is 1.87 bits per heavy atom. The van der Waals surface area contributed by atoms with E-state index in [4.69, 9.17) is 0 Å². The van der Waals surface area contributed by atoms with Gasteiger partial charge in [0, 0.05) is 43.8 Å². The van der Waals surface area contributed by atoms with Gasteiger partial charge in [0.25, 0.3) is 5.91 Å². The average molecular weight is 408 g/mol. The number of rotatable bonds is 7. The number of phenolic OH excluding ortho intramolecular Hbond substituents is 1. The minimum absolute atomic E-state index is 0.0465. The molecule has 3 rings (SSSR count). The van der Waals surface area contributed by atoms with Crippen LogP contribution in [0.15, 0.2) is 61.2 Å². The zero-order valence-electron chi connectivity index (χ0n) is 18.2. The van der Waals surface area contributed by atoms with E-state index >= 15 is 0 Å². The Bertz CT molecular complexity index is 882. The van der Waals surface area contributed by atoms with E-state index in [1.54, 1.807) is 6.07 Å². The fourth-order valence-corrected chi connectivity index (χ4v) is 4.39. The van der Waals surface area contributed by atoms with Crippen molar-refractivity contribution in [2.45, 2.75) is 38.9 Å². The monoisotopic (exact) mass is 407 g/mol. The van der Waals surface area contributed by atoms with E-state index in [9.17, 15) is 9.90 Å². The van der Waals surface area contributed by atoms with Gasteiger partial charge in [0.2, 0.25) is 0 Å². The number of carbonyl (C=O) groups is 1. The lowest BCUT2D eigenvalue weighted by Gasteiger charge is -2.47. The van der Waals surface area contributed by atoms with Gasteiger partial charge in [0.05, 0.1) is 6.04 Å². The first kappa shape index (κ1) is 22.1. The van der Waals surface area contributed by atoms with E-state index in [0.717, 1.165) is 30.8 Å². The minimum atomic E-state index is -0.0637. The van der Waals surface area contributed by atoms with E-state index in [2.05, 4.69) is 47.7 Å². The Morgan fingerprint density at radius 1 is 1.17 bits per heavy atom. The van der Waals surface area contributed by atoms with E-state index in [1.807, 2.05) is 43.3 Å². The molecule has 3 unspecified atom stereocenters. The molecular formula is C25H33N3O2. The maximum Gasteiger partial charge on any atom is 0.251 e. The quantitative estimate of drug-likeness (QED) is 0.686. The molecule has 2 aromatic rings. The fourth-order valence-electron chi connectivity index (χ4n) is 4.39. The van der Waals surface area contributed by atoms with Gasteiger partial charge in [-0.05, 0) is 56.2 Å². The maximum atomic E-state index is 12.4. The van der Waals surface area contributed by atoms with Crippen molar-refractivity contribution in [2.75, 3.05) is 26.2 Å². The van der Waals surface area contributed by atoms with E-state index in [-0.39, 0.29) is 17.7 Å². The van der Waals surface area contributed by atoms with Crippen LogP contribution >= 0.6 is 0 Å². The number of carbonyl (C=O) groups excluding carboxylic acids is 1. The van der Waals surface area contributed by atoms with Crippen LogP contribution in [0.5, 0.6) is 5.75 Å². The number of phenols is 1. The van der Waals surface area contributed by atoms with Crippen LogP contribution in [0.25, 0.3) is 0 Å². The van der Waals surface area contributed by atoms with Crippen molar-refractivity contribution in [1.82, 2.24) is 15.1 Å². The summed E-state index contributed by atoms with van der Waals surface area (Å²) in [6, 6.07) is 15.9. The Kier molecular flexibility index (Phi) is 7.29. The molecule has 1 aliphatic rings. The topological polar surface area (TPSA) is 55.8 Å². The smallest absolute Gasteiger partial charge is 0.251 e. The van der Waals surface area contributed by atoms with Crippen LogP contribution in [0.4, 0.5) is 0 Å². The predicted octanol–water partition coefficient (Wildman–Crippen LogP) is 3.81. The van der Waals surface area contributed by atoms with Crippen molar-refractivity contribution in [2.24, 2.45) is 0 Å². The highest BCUT2D eigenvalue weighted by Gasteiger charge is 2.34. The summed E-state index contributed by atoms with van der Waals surface area (Å²) >= 11 is 0. The van der Waals surface area contributed by atoms with Gasteiger partial charge in [-0.25, -0.2) is 0 Å². The van der Waals surface area contributed by atoms with Gasteiger partial charge in [-0.2, -0.15) is 0 Å². The fraction of sp³-hybridized carbons (Fsp3) is 0.400. The summed E-state index contributed by atoms with van der Waals surface area (Å²) in [5.41, 5.74) is 2.74. The third-order valence-electron chi connectivity index (χ3n) is 5.85. The maximum absolute atomic E-state index is 12.4. The van der Waals surface area contributed by atoms with Crippen molar-refractivity contribution in [1.29, 1.82) is 0 Å². The number of nitrogens with one attached hydrogen (secondary N) is 1. The molecule has 0 bridgehead atoms. The summed E-state index contributed by atoms with van der Waals surface area (Å²) in [4.78, 5) is 17.4. The molecule has 1 amide bonds. The molecule has 0 aliphatic carbocycles. The van der Waals surface area contributed by atoms with Gasteiger partial charge in [0.15, 0.2) is 0 Å². The van der Waals surface area contributed by atoms with Gasteiger partial charge in [-0.15, -0.1) is 6.58 Å². The van der Waals surface area contributed by atoms with Crippen molar-refractivity contribution in [3.05, 3.63) is 77.9 Å². The molecule has 0 aromatic heterocycles. The summed E-state index contributed by atoms with van der Waals surface area (Å²) in [7, 11) is 0. The number of amides is 1. The summed E-state index contributed by atoms with van der Waals surface area (Å²) < 4.78 is 0. The molecule has 30 heavy (non-hydrogen) atoms. The lowest BCUT2D eigenvalue weighted by atomic mass is 9.92. The summed E-state index contributed by atoms with van der Waals surface area (Å²) in [5.74, 6) is 0.189. The molecular weight excluding hydrogens is 374 g/mol. The number of nitrogens with zero attached hydrogens (tertiary/aromatic N) is 2. The third-order valence-corrected chi connectivity index (χ3v) is 5.85. The number of hydrogen-bond donors (Lipinski definition) is 2. The van der Waals surface area contributed by atoms with Crippen LogP contribution in [0.1, 0.15) is 48.3 Å². The standard InChI is InChI=1S/C25H33N3O2/c1-5-13-27-16-19(4)28(17-18(27)3)24(21-10-8-12-23(29)15-21)20-9-7-11-22(14-20)25(30)26-6-2/h5,7-12,14-15,18-19,24,29H,1,6,13,16-17H2,2-4H3,(H,26,30). The number of piperazine rings is 1.